The molecule has 0 aromatic heterocycles. The van der Waals surface area contributed by atoms with Gasteiger partial charge in [-0.3, -0.25) is 0 Å². The summed E-state index contributed by atoms with van der Waals surface area (Å²) in [5.74, 6) is -0.307. The Balaban J connectivity index is 2.17. The van der Waals surface area contributed by atoms with E-state index in [0.717, 1.165) is 12.0 Å². The molecule has 0 radical (unpaired) electrons. The summed E-state index contributed by atoms with van der Waals surface area (Å²) in [7, 11) is 0. The van der Waals surface area contributed by atoms with Crippen LogP contribution in [0.5, 0.6) is 0 Å². The highest BCUT2D eigenvalue weighted by atomic mass is 79.9. The van der Waals surface area contributed by atoms with Crippen molar-refractivity contribution in [1.82, 2.24) is 0 Å². The molecule has 1 atom stereocenters. The third-order valence-electron chi connectivity index (χ3n) is 2.56. The first-order valence-corrected chi connectivity index (χ1v) is 6.59. The molecule has 3 heteroatoms. The van der Waals surface area contributed by atoms with Crippen LogP contribution < -0.4 is 0 Å². The fourth-order valence-electron chi connectivity index (χ4n) is 1.69. The number of rotatable bonds is 3. The summed E-state index contributed by atoms with van der Waals surface area (Å²) < 4.78 is 12.9. The molecular weight excluding hydrogens is 303 g/mol. The molecule has 17 heavy (non-hydrogen) atoms. The number of hydrogen-bond acceptors (Lipinski definition) is 0. The van der Waals surface area contributed by atoms with Crippen molar-refractivity contribution in [2.45, 2.75) is 11.2 Å². The predicted octanol–water partition coefficient (Wildman–Crippen LogP) is 5.16. The molecule has 0 aliphatic rings. The van der Waals surface area contributed by atoms with Crippen LogP contribution in [-0.2, 0) is 6.42 Å². The number of halogens is 3. The van der Waals surface area contributed by atoms with Crippen molar-refractivity contribution in [3.63, 3.8) is 0 Å². The standard InChI is InChI=1S/C14H11BrClF/c15-13(8-10-4-2-1-3-5-10)12-7-6-11(17)9-14(12)16/h1-7,9,13H,8H2. The van der Waals surface area contributed by atoms with Gasteiger partial charge in [-0.25, -0.2) is 4.39 Å². The SMILES string of the molecule is Fc1ccc(C(Br)Cc2ccccc2)c(Cl)c1. The zero-order valence-electron chi connectivity index (χ0n) is 9.04. The van der Waals surface area contributed by atoms with Gasteiger partial charge in [0, 0.05) is 9.85 Å². The third kappa shape index (κ3) is 3.30. The summed E-state index contributed by atoms with van der Waals surface area (Å²) in [5, 5.41) is 0.461. The summed E-state index contributed by atoms with van der Waals surface area (Å²) in [6.07, 6.45) is 0.826. The fourth-order valence-corrected chi connectivity index (χ4v) is 2.89. The number of benzene rings is 2. The molecule has 0 nitrogen and oxygen atoms in total. The third-order valence-corrected chi connectivity index (χ3v) is 3.70. The van der Waals surface area contributed by atoms with Crippen LogP contribution >= 0.6 is 27.5 Å². The average molecular weight is 314 g/mol. The first-order chi connectivity index (χ1) is 8.16. The Bertz CT molecular complexity index is 499. The highest BCUT2D eigenvalue weighted by Gasteiger charge is 2.12. The van der Waals surface area contributed by atoms with Gasteiger partial charge in [0.1, 0.15) is 5.82 Å². The van der Waals surface area contributed by atoms with Crippen molar-refractivity contribution in [3.05, 3.63) is 70.5 Å². The quantitative estimate of drug-likeness (QED) is 0.687. The molecular formula is C14H11BrClF. The lowest BCUT2D eigenvalue weighted by molar-refractivity contribution is 0.627. The van der Waals surface area contributed by atoms with E-state index >= 15 is 0 Å². The molecule has 2 aromatic rings. The lowest BCUT2D eigenvalue weighted by atomic mass is 10.0. The van der Waals surface area contributed by atoms with Gasteiger partial charge < -0.3 is 0 Å². The van der Waals surface area contributed by atoms with Crippen LogP contribution in [0.2, 0.25) is 5.02 Å². The van der Waals surface area contributed by atoms with Gasteiger partial charge in [0.15, 0.2) is 0 Å². The van der Waals surface area contributed by atoms with Crippen molar-refractivity contribution in [3.8, 4) is 0 Å². The van der Waals surface area contributed by atoms with E-state index in [4.69, 9.17) is 11.6 Å². The van der Waals surface area contributed by atoms with Crippen LogP contribution in [0, 0.1) is 5.82 Å². The second kappa shape index (κ2) is 5.65. The van der Waals surface area contributed by atoms with Gasteiger partial charge in [0.05, 0.1) is 0 Å². The van der Waals surface area contributed by atoms with Gasteiger partial charge in [-0.2, -0.15) is 0 Å². The van der Waals surface area contributed by atoms with Crippen LogP contribution in [0.4, 0.5) is 4.39 Å². The summed E-state index contributed by atoms with van der Waals surface area (Å²) in [4.78, 5) is 0.0954. The van der Waals surface area contributed by atoms with E-state index in [-0.39, 0.29) is 10.6 Å². The predicted molar refractivity (Wildman–Crippen MR) is 73.2 cm³/mol. The molecule has 2 aromatic carbocycles. The monoisotopic (exact) mass is 312 g/mol. The minimum Gasteiger partial charge on any atom is -0.207 e. The zero-order chi connectivity index (χ0) is 12.3. The summed E-state index contributed by atoms with van der Waals surface area (Å²) in [6, 6.07) is 14.6. The summed E-state index contributed by atoms with van der Waals surface area (Å²) >= 11 is 9.61. The Labute approximate surface area is 114 Å². The molecule has 1 unspecified atom stereocenters. The number of alkyl halides is 1. The van der Waals surface area contributed by atoms with E-state index in [1.807, 2.05) is 18.2 Å². The van der Waals surface area contributed by atoms with E-state index < -0.39 is 0 Å². The maximum absolute atomic E-state index is 12.9. The van der Waals surface area contributed by atoms with Gasteiger partial charge in [0.25, 0.3) is 0 Å². The van der Waals surface area contributed by atoms with Crippen molar-refractivity contribution in [2.24, 2.45) is 0 Å². The van der Waals surface area contributed by atoms with Gasteiger partial charge in [-0.1, -0.05) is 63.9 Å². The average Bonchev–Trinajstić information content (AvgIpc) is 2.30. The van der Waals surface area contributed by atoms with Crippen LogP contribution in [0.3, 0.4) is 0 Å². The zero-order valence-corrected chi connectivity index (χ0v) is 11.4. The Hall–Kier alpha value is -0.860. The summed E-state index contributed by atoms with van der Waals surface area (Å²) in [5.41, 5.74) is 2.13. The highest BCUT2D eigenvalue weighted by molar-refractivity contribution is 9.09. The first-order valence-electron chi connectivity index (χ1n) is 5.30. The van der Waals surface area contributed by atoms with Crippen LogP contribution in [0.1, 0.15) is 16.0 Å². The minimum atomic E-state index is -0.307. The molecule has 0 heterocycles. The van der Waals surface area contributed by atoms with Crippen LogP contribution in [0.25, 0.3) is 0 Å². The van der Waals surface area contributed by atoms with Crippen molar-refractivity contribution in [2.75, 3.05) is 0 Å². The maximum atomic E-state index is 12.9. The lowest BCUT2D eigenvalue weighted by Gasteiger charge is -2.12. The Kier molecular flexibility index (Phi) is 4.19. The summed E-state index contributed by atoms with van der Waals surface area (Å²) in [6.45, 7) is 0. The Morgan fingerprint density at radius 1 is 1.12 bits per heavy atom. The molecule has 0 saturated carbocycles. The molecule has 0 fully saturated rings. The highest BCUT2D eigenvalue weighted by Crippen LogP contribution is 2.32. The molecule has 0 saturated heterocycles. The second-order valence-corrected chi connectivity index (χ2v) is 5.34. The molecule has 0 amide bonds. The van der Waals surface area contributed by atoms with E-state index in [1.165, 1.54) is 17.7 Å². The van der Waals surface area contributed by atoms with Crippen LogP contribution in [-0.4, -0.2) is 0 Å². The van der Waals surface area contributed by atoms with E-state index in [2.05, 4.69) is 28.1 Å². The molecule has 0 bridgehead atoms. The van der Waals surface area contributed by atoms with Crippen molar-refractivity contribution < 1.29 is 4.39 Å². The normalized spacial score (nSPS) is 12.4. The first kappa shape index (κ1) is 12.6. The maximum Gasteiger partial charge on any atom is 0.124 e. The molecule has 2 rings (SSSR count). The van der Waals surface area contributed by atoms with Gasteiger partial charge in [-0.15, -0.1) is 0 Å². The van der Waals surface area contributed by atoms with Gasteiger partial charge >= 0.3 is 0 Å². The minimum absolute atomic E-state index is 0.0954. The van der Waals surface area contributed by atoms with Gasteiger partial charge in [-0.05, 0) is 29.7 Å². The molecule has 0 N–H and O–H groups in total. The lowest BCUT2D eigenvalue weighted by Crippen LogP contribution is -1.96. The smallest absolute Gasteiger partial charge is 0.124 e. The van der Waals surface area contributed by atoms with Crippen molar-refractivity contribution in [1.29, 1.82) is 0 Å². The van der Waals surface area contributed by atoms with Gasteiger partial charge in [0.2, 0.25) is 0 Å². The Morgan fingerprint density at radius 2 is 1.82 bits per heavy atom. The topological polar surface area (TPSA) is 0 Å². The van der Waals surface area contributed by atoms with E-state index in [9.17, 15) is 4.39 Å². The largest absolute Gasteiger partial charge is 0.207 e. The Morgan fingerprint density at radius 3 is 2.47 bits per heavy atom. The molecule has 88 valence electrons. The molecule has 0 aliphatic carbocycles. The fraction of sp³-hybridized carbons (Fsp3) is 0.143. The van der Waals surface area contributed by atoms with Crippen molar-refractivity contribution >= 4 is 27.5 Å². The van der Waals surface area contributed by atoms with Crippen LogP contribution in [0.15, 0.2) is 48.5 Å². The molecule has 0 spiro atoms. The van der Waals surface area contributed by atoms with E-state index in [1.54, 1.807) is 6.07 Å². The number of hydrogen-bond donors (Lipinski definition) is 0. The molecule has 0 aliphatic heterocycles. The van der Waals surface area contributed by atoms with E-state index in [0.29, 0.717) is 5.02 Å². The second-order valence-electron chi connectivity index (χ2n) is 3.82.